The van der Waals surface area contributed by atoms with Gasteiger partial charge in [-0.1, -0.05) is 20.3 Å². The number of hydrogen-bond donors (Lipinski definition) is 2. The summed E-state index contributed by atoms with van der Waals surface area (Å²) in [5.74, 6) is 0.247. The van der Waals surface area contributed by atoms with E-state index in [0.29, 0.717) is 5.92 Å². The first-order chi connectivity index (χ1) is 9.76. The van der Waals surface area contributed by atoms with Gasteiger partial charge in [-0.25, -0.2) is 17.5 Å². The summed E-state index contributed by atoms with van der Waals surface area (Å²) in [5, 5.41) is 0. The van der Waals surface area contributed by atoms with E-state index >= 15 is 0 Å². The van der Waals surface area contributed by atoms with Crippen molar-refractivity contribution < 1.29 is 12.8 Å². The fraction of sp³-hybridized carbons (Fsp3) is 0.571. The summed E-state index contributed by atoms with van der Waals surface area (Å²) >= 11 is 3.00. The van der Waals surface area contributed by atoms with Gasteiger partial charge in [0.05, 0.1) is 10.2 Å². The average molecular weight is 379 g/mol. The second-order valence-corrected chi connectivity index (χ2v) is 8.17. The highest BCUT2D eigenvalue weighted by Gasteiger charge is 2.35. The Kier molecular flexibility index (Phi) is 4.95. The van der Waals surface area contributed by atoms with Gasteiger partial charge in [-0.3, -0.25) is 0 Å². The lowest BCUT2D eigenvalue weighted by Crippen LogP contribution is -2.37. The fourth-order valence-corrected chi connectivity index (χ4v) is 5.02. The third kappa shape index (κ3) is 3.40. The molecule has 0 bridgehead atoms. The highest BCUT2D eigenvalue weighted by atomic mass is 79.9. The number of halogens is 2. The van der Waals surface area contributed by atoms with E-state index in [1.54, 1.807) is 0 Å². The third-order valence-corrected chi connectivity index (χ3v) is 6.55. The molecule has 1 fully saturated rings. The zero-order chi connectivity index (χ0) is 15.8. The van der Waals surface area contributed by atoms with Crippen molar-refractivity contribution in [3.63, 3.8) is 0 Å². The molecule has 0 saturated heterocycles. The first-order valence-corrected chi connectivity index (χ1v) is 9.30. The van der Waals surface area contributed by atoms with Crippen molar-refractivity contribution in [2.24, 2.45) is 11.8 Å². The molecule has 0 heterocycles. The van der Waals surface area contributed by atoms with Crippen LogP contribution >= 0.6 is 15.9 Å². The molecule has 4 nitrogen and oxygen atoms in total. The first kappa shape index (κ1) is 16.7. The van der Waals surface area contributed by atoms with Gasteiger partial charge in [0.15, 0.2) is 0 Å². The lowest BCUT2D eigenvalue weighted by atomic mass is 9.94. The normalized spacial score (nSPS) is 26.2. The maximum atomic E-state index is 13.4. The Morgan fingerprint density at radius 2 is 2.10 bits per heavy atom. The van der Waals surface area contributed by atoms with E-state index in [0.717, 1.165) is 25.3 Å². The van der Waals surface area contributed by atoms with Gasteiger partial charge < -0.3 is 5.73 Å². The van der Waals surface area contributed by atoms with Crippen molar-refractivity contribution in [3.8, 4) is 0 Å². The number of benzene rings is 1. The predicted octanol–water partition coefficient (Wildman–Crippen LogP) is 3.27. The number of sulfonamides is 1. The van der Waals surface area contributed by atoms with Crippen molar-refractivity contribution in [3.05, 3.63) is 22.4 Å². The van der Waals surface area contributed by atoms with Gasteiger partial charge >= 0.3 is 0 Å². The summed E-state index contributed by atoms with van der Waals surface area (Å²) in [4.78, 5) is -0.0806. The molecule has 118 valence electrons. The van der Waals surface area contributed by atoms with Crippen LogP contribution in [0.1, 0.15) is 33.1 Å². The second kappa shape index (κ2) is 6.22. The molecule has 1 saturated carbocycles. The maximum absolute atomic E-state index is 13.4. The Morgan fingerprint density at radius 1 is 1.43 bits per heavy atom. The molecule has 0 amide bonds. The molecule has 0 spiro atoms. The molecule has 21 heavy (non-hydrogen) atoms. The van der Waals surface area contributed by atoms with E-state index in [1.807, 2.05) is 0 Å². The van der Waals surface area contributed by atoms with Gasteiger partial charge in [-0.15, -0.1) is 0 Å². The van der Waals surface area contributed by atoms with Gasteiger partial charge in [0, 0.05) is 6.04 Å². The van der Waals surface area contributed by atoms with Crippen LogP contribution < -0.4 is 10.5 Å². The Hall–Kier alpha value is -0.660. The van der Waals surface area contributed by atoms with Crippen LogP contribution in [0, 0.1) is 17.7 Å². The molecule has 1 aromatic carbocycles. The predicted molar refractivity (Wildman–Crippen MR) is 84.8 cm³/mol. The van der Waals surface area contributed by atoms with Crippen LogP contribution in [0.5, 0.6) is 0 Å². The summed E-state index contributed by atoms with van der Waals surface area (Å²) in [7, 11) is -3.75. The molecular weight excluding hydrogens is 359 g/mol. The maximum Gasteiger partial charge on any atom is 0.242 e. The van der Waals surface area contributed by atoms with Crippen LogP contribution in [0.3, 0.4) is 0 Å². The second-order valence-electron chi connectivity index (χ2n) is 5.64. The Balaban J connectivity index is 2.26. The van der Waals surface area contributed by atoms with Crippen LogP contribution in [-0.2, 0) is 10.0 Å². The largest absolute Gasteiger partial charge is 0.398 e. The van der Waals surface area contributed by atoms with Gasteiger partial charge in [-0.2, -0.15) is 0 Å². The van der Waals surface area contributed by atoms with E-state index in [-0.39, 0.29) is 27.0 Å². The summed E-state index contributed by atoms with van der Waals surface area (Å²) < 4.78 is 41.1. The quantitative estimate of drug-likeness (QED) is 0.789. The van der Waals surface area contributed by atoms with Crippen molar-refractivity contribution in [2.75, 3.05) is 5.73 Å². The van der Waals surface area contributed by atoms with Crippen LogP contribution in [0.15, 0.2) is 21.5 Å². The molecular formula is C14H20BrFN2O2S. The van der Waals surface area contributed by atoms with E-state index in [2.05, 4.69) is 34.5 Å². The number of nitrogens with one attached hydrogen (secondary N) is 1. The molecule has 0 aliphatic heterocycles. The van der Waals surface area contributed by atoms with Crippen LogP contribution in [-0.4, -0.2) is 14.5 Å². The molecule has 7 heteroatoms. The SMILES string of the molecule is CCC1CCC(NS(=O)(=O)c2cc(Br)c(F)cc2N)C1C. The number of rotatable bonds is 4. The highest BCUT2D eigenvalue weighted by molar-refractivity contribution is 9.10. The summed E-state index contributed by atoms with van der Waals surface area (Å²) in [6.07, 6.45) is 2.89. The van der Waals surface area contributed by atoms with Crippen molar-refractivity contribution in [1.82, 2.24) is 4.72 Å². The lowest BCUT2D eigenvalue weighted by Gasteiger charge is -2.21. The smallest absolute Gasteiger partial charge is 0.242 e. The van der Waals surface area contributed by atoms with Gasteiger partial charge in [-0.05, 0) is 52.7 Å². The minimum Gasteiger partial charge on any atom is -0.398 e. The molecule has 0 radical (unpaired) electrons. The summed E-state index contributed by atoms with van der Waals surface area (Å²) in [6.45, 7) is 4.19. The molecule has 1 aromatic rings. The zero-order valence-electron chi connectivity index (χ0n) is 12.1. The van der Waals surface area contributed by atoms with Crippen molar-refractivity contribution >= 4 is 31.6 Å². The molecule has 3 unspecified atom stereocenters. The van der Waals surface area contributed by atoms with Crippen molar-refractivity contribution in [1.29, 1.82) is 0 Å². The zero-order valence-corrected chi connectivity index (χ0v) is 14.5. The molecule has 1 aliphatic rings. The molecule has 2 rings (SSSR count). The van der Waals surface area contributed by atoms with E-state index in [4.69, 9.17) is 5.73 Å². The van der Waals surface area contributed by atoms with E-state index in [9.17, 15) is 12.8 Å². The van der Waals surface area contributed by atoms with Crippen molar-refractivity contribution in [2.45, 2.75) is 44.0 Å². The topological polar surface area (TPSA) is 72.2 Å². The minimum atomic E-state index is -3.75. The highest BCUT2D eigenvalue weighted by Crippen LogP contribution is 2.35. The molecule has 0 aromatic heterocycles. The van der Waals surface area contributed by atoms with E-state index in [1.165, 1.54) is 6.07 Å². The lowest BCUT2D eigenvalue weighted by molar-refractivity contribution is 0.368. The van der Waals surface area contributed by atoms with E-state index < -0.39 is 15.8 Å². The number of hydrogen-bond acceptors (Lipinski definition) is 3. The van der Waals surface area contributed by atoms with Gasteiger partial charge in [0.2, 0.25) is 10.0 Å². The molecule has 1 aliphatic carbocycles. The average Bonchev–Trinajstić information content (AvgIpc) is 2.74. The fourth-order valence-electron chi connectivity index (χ4n) is 3.03. The monoisotopic (exact) mass is 378 g/mol. The Morgan fingerprint density at radius 3 is 2.67 bits per heavy atom. The molecule has 3 N–H and O–H groups in total. The van der Waals surface area contributed by atoms with Gasteiger partial charge in [0.1, 0.15) is 10.7 Å². The standard InChI is InChI=1S/C14H20BrFN2O2S/c1-3-9-4-5-13(8(9)2)18-21(19,20)14-6-10(15)11(16)7-12(14)17/h6-9,13,18H,3-5,17H2,1-2H3. The number of anilines is 1. The summed E-state index contributed by atoms with van der Waals surface area (Å²) in [5.41, 5.74) is 5.58. The first-order valence-electron chi connectivity index (χ1n) is 7.03. The van der Waals surface area contributed by atoms with Crippen LogP contribution in [0.25, 0.3) is 0 Å². The number of nitrogens with two attached hydrogens (primary N) is 1. The number of nitrogen functional groups attached to an aromatic ring is 1. The Bertz CT molecular complexity index is 636. The van der Waals surface area contributed by atoms with Crippen LogP contribution in [0.2, 0.25) is 0 Å². The van der Waals surface area contributed by atoms with Crippen LogP contribution in [0.4, 0.5) is 10.1 Å². The third-order valence-electron chi connectivity index (χ3n) is 4.40. The summed E-state index contributed by atoms with van der Waals surface area (Å²) in [6, 6.07) is 2.14. The molecule has 3 atom stereocenters. The minimum absolute atomic E-state index is 0.0806. The Labute approximate surface area is 133 Å². The van der Waals surface area contributed by atoms with Gasteiger partial charge in [0.25, 0.3) is 0 Å².